The molecule has 4 rings (SSSR count). The van der Waals surface area contributed by atoms with E-state index in [1.54, 1.807) is 12.1 Å². The molecule has 2 N–H and O–H groups in total. The highest BCUT2D eigenvalue weighted by atomic mass is 35.5. The number of halogens is 2. The minimum Gasteiger partial charge on any atom is -0.394 e. The van der Waals surface area contributed by atoms with Crippen molar-refractivity contribution in [3.05, 3.63) is 141 Å². The van der Waals surface area contributed by atoms with Gasteiger partial charge < -0.3 is 14.9 Å². The first-order valence-electron chi connectivity index (χ1n) is 11.1. The Hall–Kier alpha value is -2.66. The first kappa shape index (κ1) is 24.5. The molecule has 2 atom stereocenters. The molecular formula is C29H26Cl2O3. The molecule has 174 valence electrons. The molecule has 0 amide bonds. The van der Waals surface area contributed by atoms with Gasteiger partial charge in [0.05, 0.1) is 28.9 Å². The van der Waals surface area contributed by atoms with Gasteiger partial charge in [0.2, 0.25) is 0 Å². The number of hydrogen-bond acceptors (Lipinski definition) is 3. The van der Waals surface area contributed by atoms with Gasteiger partial charge in [-0.05, 0) is 34.4 Å². The van der Waals surface area contributed by atoms with E-state index >= 15 is 0 Å². The molecule has 0 aliphatic heterocycles. The van der Waals surface area contributed by atoms with Gasteiger partial charge in [-0.3, -0.25) is 0 Å². The van der Waals surface area contributed by atoms with Crippen LogP contribution in [-0.2, 0) is 10.3 Å². The van der Waals surface area contributed by atoms with E-state index in [1.165, 1.54) is 0 Å². The van der Waals surface area contributed by atoms with E-state index in [2.05, 4.69) is 0 Å². The van der Waals surface area contributed by atoms with Crippen LogP contribution < -0.4 is 0 Å². The molecule has 4 aromatic carbocycles. The van der Waals surface area contributed by atoms with Gasteiger partial charge >= 0.3 is 0 Å². The lowest BCUT2D eigenvalue weighted by atomic mass is 9.79. The molecule has 0 aromatic heterocycles. The summed E-state index contributed by atoms with van der Waals surface area (Å²) in [5.74, 6) is 0. The third-order valence-corrected chi connectivity index (χ3v) is 6.61. The summed E-state index contributed by atoms with van der Waals surface area (Å²) in [5, 5.41) is 20.9. The molecule has 0 bridgehead atoms. The molecule has 0 aliphatic carbocycles. The van der Waals surface area contributed by atoms with Crippen molar-refractivity contribution in [1.29, 1.82) is 0 Å². The number of hydrogen-bond donors (Lipinski definition) is 2. The summed E-state index contributed by atoms with van der Waals surface area (Å²) in [6.07, 6.45) is -1.40. The van der Waals surface area contributed by atoms with Crippen LogP contribution in [0.15, 0.2) is 109 Å². The molecule has 0 heterocycles. The average Bonchev–Trinajstić information content (AvgIpc) is 2.89. The van der Waals surface area contributed by atoms with E-state index < -0.39 is 17.8 Å². The number of aliphatic hydroxyl groups excluding tert-OH is 2. The fourth-order valence-electron chi connectivity index (χ4n) is 4.22. The third-order valence-electron chi connectivity index (χ3n) is 5.87. The predicted octanol–water partition coefficient (Wildman–Crippen LogP) is 6.79. The Morgan fingerprint density at radius 1 is 0.676 bits per heavy atom. The van der Waals surface area contributed by atoms with Gasteiger partial charge in [-0.25, -0.2) is 0 Å². The molecule has 4 aromatic rings. The van der Waals surface area contributed by atoms with Crippen molar-refractivity contribution in [3.63, 3.8) is 0 Å². The second-order valence-corrected chi connectivity index (χ2v) is 8.95. The van der Waals surface area contributed by atoms with Gasteiger partial charge in [-0.2, -0.15) is 0 Å². The zero-order valence-corrected chi connectivity index (χ0v) is 20.0. The van der Waals surface area contributed by atoms with Gasteiger partial charge in [0.1, 0.15) is 5.60 Å². The Labute approximate surface area is 210 Å². The quantitative estimate of drug-likeness (QED) is 0.253. The van der Waals surface area contributed by atoms with Crippen LogP contribution in [0.3, 0.4) is 0 Å². The minimum absolute atomic E-state index is 0.169. The zero-order valence-electron chi connectivity index (χ0n) is 18.5. The lowest BCUT2D eigenvalue weighted by Crippen LogP contribution is -2.35. The molecule has 0 spiro atoms. The molecule has 1 unspecified atom stereocenters. The van der Waals surface area contributed by atoms with Crippen molar-refractivity contribution in [2.45, 2.75) is 24.2 Å². The summed E-state index contributed by atoms with van der Waals surface area (Å²) in [7, 11) is 0. The largest absolute Gasteiger partial charge is 0.394 e. The minimum atomic E-state index is -0.990. The average molecular weight is 493 g/mol. The Morgan fingerprint density at radius 2 is 1.15 bits per heavy atom. The van der Waals surface area contributed by atoms with E-state index in [-0.39, 0.29) is 13.0 Å². The third kappa shape index (κ3) is 5.20. The first-order valence-corrected chi connectivity index (χ1v) is 11.9. The van der Waals surface area contributed by atoms with Crippen molar-refractivity contribution >= 4 is 23.2 Å². The molecule has 3 nitrogen and oxygen atoms in total. The first-order chi connectivity index (χ1) is 16.5. The summed E-state index contributed by atoms with van der Waals surface area (Å²) in [6.45, 7) is -0.379. The lowest BCUT2D eigenvalue weighted by Gasteiger charge is -2.39. The molecule has 0 radical (unpaired) electrons. The normalized spacial score (nSPS) is 13.4. The van der Waals surface area contributed by atoms with Crippen LogP contribution in [0.5, 0.6) is 0 Å². The SMILES string of the molecule is OC[C@H](O)CC(OC(c1ccccc1)(c1ccccc1)c1ccccc1)c1ccc(Cl)c(Cl)c1. The van der Waals surface area contributed by atoms with Crippen LogP contribution in [0.1, 0.15) is 34.8 Å². The van der Waals surface area contributed by atoms with Crippen LogP contribution in [0.25, 0.3) is 0 Å². The fraction of sp³-hybridized carbons (Fsp3) is 0.172. The van der Waals surface area contributed by atoms with Crippen LogP contribution >= 0.6 is 23.2 Å². The van der Waals surface area contributed by atoms with Crippen molar-refractivity contribution in [3.8, 4) is 0 Å². The number of aliphatic hydroxyl groups is 2. The molecule has 0 fully saturated rings. The van der Waals surface area contributed by atoms with Crippen LogP contribution in [0.2, 0.25) is 10.0 Å². The van der Waals surface area contributed by atoms with Gasteiger partial charge in [-0.15, -0.1) is 0 Å². The number of benzene rings is 4. The molecule has 0 saturated carbocycles. The second kappa shape index (κ2) is 11.2. The number of ether oxygens (including phenoxy) is 1. The van der Waals surface area contributed by atoms with E-state index in [0.29, 0.717) is 10.0 Å². The molecule has 5 heteroatoms. The predicted molar refractivity (Wildman–Crippen MR) is 137 cm³/mol. The lowest BCUT2D eigenvalue weighted by molar-refractivity contribution is -0.0738. The van der Waals surface area contributed by atoms with Gasteiger partial charge in [0.25, 0.3) is 0 Å². The monoisotopic (exact) mass is 492 g/mol. The second-order valence-electron chi connectivity index (χ2n) is 8.13. The summed E-state index contributed by atoms with van der Waals surface area (Å²) >= 11 is 12.5. The van der Waals surface area contributed by atoms with Gasteiger partial charge in [-0.1, -0.05) is 120 Å². The summed E-state index contributed by atoms with van der Waals surface area (Å²) in [6, 6.07) is 35.3. The maximum Gasteiger partial charge on any atom is 0.144 e. The molecule has 0 aliphatic rings. The van der Waals surface area contributed by atoms with Gasteiger partial charge in [0, 0.05) is 6.42 Å². The number of rotatable bonds is 9. The smallest absolute Gasteiger partial charge is 0.144 e. The van der Waals surface area contributed by atoms with Crippen molar-refractivity contribution in [1.82, 2.24) is 0 Å². The van der Waals surface area contributed by atoms with Crippen molar-refractivity contribution in [2.24, 2.45) is 0 Å². The topological polar surface area (TPSA) is 49.7 Å². The summed E-state index contributed by atoms with van der Waals surface area (Å²) < 4.78 is 7.08. The Kier molecular flexibility index (Phi) is 8.04. The maximum absolute atomic E-state index is 10.4. The van der Waals surface area contributed by atoms with Crippen LogP contribution in [-0.4, -0.2) is 22.9 Å². The van der Waals surface area contributed by atoms with Gasteiger partial charge in [0.15, 0.2) is 0 Å². The van der Waals surface area contributed by atoms with E-state index in [1.807, 2.05) is 97.1 Å². The summed E-state index contributed by atoms with van der Waals surface area (Å²) in [4.78, 5) is 0. The Bertz CT molecular complexity index is 1090. The summed E-state index contributed by atoms with van der Waals surface area (Å²) in [5.41, 5.74) is 2.59. The highest BCUT2D eigenvalue weighted by Crippen LogP contribution is 2.45. The zero-order chi connectivity index (χ0) is 24.0. The van der Waals surface area contributed by atoms with Crippen molar-refractivity contribution in [2.75, 3.05) is 6.61 Å². The maximum atomic E-state index is 10.4. The van der Waals surface area contributed by atoms with Crippen molar-refractivity contribution < 1.29 is 14.9 Å². The Morgan fingerprint density at radius 3 is 1.56 bits per heavy atom. The van der Waals surface area contributed by atoms with Crippen LogP contribution in [0, 0.1) is 0 Å². The highest BCUT2D eigenvalue weighted by molar-refractivity contribution is 6.42. The van der Waals surface area contributed by atoms with Crippen LogP contribution in [0.4, 0.5) is 0 Å². The highest BCUT2D eigenvalue weighted by Gasteiger charge is 2.40. The molecule has 0 saturated heterocycles. The molecular weight excluding hydrogens is 467 g/mol. The molecule has 34 heavy (non-hydrogen) atoms. The van der Waals surface area contributed by atoms with E-state index in [4.69, 9.17) is 27.9 Å². The van der Waals surface area contributed by atoms with E-state index in [9.17, 15) is 10.2 Å². The van der Waals surface area contributed by atoms with E-state index in [0.717, 1.165) is 22.3 Å². The fourth-order valence-corrected chi connectivity index (χ4v) is 4.53. The standard InChI is InChI=1S/C29H26Cl2O3/c30-26-17-16-21(18-27(26)31)28(19-25(33)20-32)34-29(22-10-4-1-5-11-22,23-12-6-2-7-13-23)24-14-8-3-9-15-24/h1-18,25,28,32-33H,19-20H2/t25-,28?/m1/s1. The Balaban J connectivity index is 1.95.